The Balaban J connectivity index is 1.26. The van der Waals surface area contributed by atoms with E-state index in [9.17, 15) is 14.7 Å². The highest BCUT2D eigenvalue weighted by Gasteiger charge is 2.57. The summed E-state index contributed by atoms with van der Waals surface area (Å²) in [6.07, 6.45) is 3.50. The molecule has 1 aromatic carbocycles. The van der Waals surface area contributed by atoms with Gasteiger partial charge in [0.2, 0.25) is 0 Å². The number of nitrogens with zero attached hydrogens (tertiary/aromatic N) is 2. The van der Waals surface area contributed by atoms with Gasteiger partial charge in [0.25, 0.3) is 0 Å². The van der Waals surface area contributed by atoms with Gasteiger partial charge in [-0.2, -0.15) is 5.10 Å². The number of aryl methyl sites for hydroxylation is 1. The third kappa shape index (κ3) is 4.46. The molecule has 7 nitrogen and oxygen atoms in total. The van der Waals surface area contributed by atoms with E-state index in [4.69, 9.17) is 4.74 Å². The SMILES string of the molecule is CC(OC(=O)Nc1c(C#CC2=C(F)C3SC(C4(C(=O)O)CC4)=CC3S2)cnn1C)c1ccccc1. The molecule has 35 heavy (non-hydrogen) atoms. The lowest BCUT2D eigenvalue weighted by Gasteiger charge is -2.14. The van der Waals surface area contributed by atoms with Gasteiger partial charge < -0.3 is 9.84 Å². The van der Waals surface area contributed by atoms with E-state index >= 15 is 4.39 Å². The van der Waals surface area contributed by atoms with Crippen LogP contribution < -0.4 is 5.32 Å². The number of carbonyl (C=O) groups excluding carboxylic acids is 1. The third-order valence-corrected chi connectivity index (χ3v) is 9.16. The smallest absolute Gasteiger partial charge is 0.413 e. The Morgan fingerprint density at radius 3 is 2.69 bits per heavy atom. The van der Waals surface area contributed by atoms with Gasteiger partial charge in [-0.1, -0.05) is 48.2 Å². The van der Waals surface area contributed by atoms with E-state index in [1.54, 1.807) is 14.0 Å². The van der Waals surface area contributed by atoms with Crippen LogP contribution in [0.1, 0.15) is 37.0 Å². The van der Waals surface area contributed by atoms with E-state index in [1.165, 1.54) is 34.4 Å². The number of aromatic nitrogens is 2. The Hall–Kier alpha value is -3.16. The highest BCUT2D eigenvalue weighted by Crippen LogP contribution is 2.63. The third-order valence-electron chi connectivity index (χ3n) is 6.24. The Morgan fingerprint density at radius 1 is 1.29 bits per heavy atom. The van der Waals surface area contributed by atoms with Crippen molar-refractivity contribution in [2.75, 3.05) is 5.32 Å². The van der Waals surface area contributed by atoms with Gasteiger partial charge in [-0.15, -0.1) is 23.5 Å². The molecule has 0 saturated heterocycles. The van der Waals surface area contributed by atoms with Gasteiger partial charge in [0.1, 0.15) is 17.7 Å². The van der Waals surface area contributed by atoms with Crippen molar-refractivity contribution in [3.63, 3.8) is 0 Å². The quantitative estimate of drug-likeness (QED) is 0.530. The molecule has 1 saturated carbocycles. The molecule has 0 bridgehead atoms. The predicted molar refractivity (Wildman–Crippen MR) is 133 cm³/mol. The largest absolute Gasteiger partial charge is 0.481 e. The maximum absolute atomic E-state index is 15.1. The molecule has 2 N–H and O–H groups in total. The first-order valence-corrected chi connectivity index (χ1v) is 12.8. The number of carbonyl (C=O) groups is 2. The summed E-state index contributed by atoms with van der Waals surface area (Å²) in [5.74, 6) is 4.97. The second kappa shape index (κ2) is 9.13. The van der Waals surface area contributed by atoms with Crippen molar-refractivity contribution in [1.29, 1.82) is 0 Å². The lowest BCUT2D eigenvalue weighted by molar-refractivity contribution is -0.141. The number of amides is 1. The van der Waals surface area contributed by atoms with Crippen LogP contribution in [-0.2, 0) is 16.6 Å². The zero-order valence-electron chi connectivity index (χ0n) is 18.9. The second-order valence-electron chi connectivity index (χ2n) is 8.58. The molecule has 1 amide bonds. The maximum atomic E-state index is 15.1. The molecule has 10 heteroatoms. The summed E-state index contributed by atoms with van der Waals surface area (Å²) in [7, 11) is 1.66. The highest BCUT2D eigenvalue weighted by molar-refractivity contribution is 8.09. The van der Waals surface area contributed by atoms with Crippen molar-refractivity contribution < 1.29 is 23.8 Å². The molecule has 1 fully saturated rings. The predicted octanol–water partition coefficient (Wildman–Crippen LogP) is 5.24. The molecule has 3 atom stereocenters. The van der Waals surface area contributed by atoms with Gasteiger partial charge in [0.15, 0.2) is 0 Å². The van der Waals surface area contributed by atoms with Crippen LogP contribution in [0.15, 0.2) is 58.2 Å². The standard InChI is InChI=1S/C25H22FN3O4S2/c1-14(15-6-4-3-5-7-15)33-24(32)28-22-16(13-27-29(22)2)8-9-17-20(26)21-18(34-17)12-19(35-21)25(10-11-25)23(30)31/h3-7,12-14,18,21H,10-11H2,1-2H3,(H,28,32)(H,30,31). The van der Waals surface area contributed by atoms with Crippen LogP contribution in [-0.4, -0.2) is 37.4 Å². The molecule has 3 aliphatic rings. The number of rotatable bonds is 5. The van der Waals surface area contributed by atoms with Gasteiger partial charge in [-0.25, -0.2) is 9.18 Å². The second-order valence-corrected chi connectivity index (χ2v) is 11.0. The molecule has 2 aromatic rings. The summed E-state index contributed by atoms with van der Waals surface area (Å²) < 4.78 is 22.0. The number of thioether (sulfide) groups is 2. The number of benzene rings is 1. The fourth-order valence-corrected chi connectivity index (χ4v) is 7.04. The van der Waals surface area contributed by atoms with Crippen LogP contribution in [0.25, 0.3) is 0 Å². The number of hydrogen-bond donors (Lipinski definition) is 2. The van der Waals surface area contributed by atoms with Gasteiger partial charge in [0, 0.05) is 17.2 Å². The van der Waals surface area contributed by atoms with Crippen LogP contribution >= 0.6 is 23.5 Å². The van der Waals surface area contributed by atoms with Crippen molar-refractivity contribution in [3.05, 3.63) is 69.4 Å². The number of allylic oxidation sites excluding steroid dienone is 1. The fourth-order valence-electron chi connectivity index (χ4n) is 4.03. The van der Waals surface area contributed by atoms with Crippen LogP contribution in [0.5, 0.6) is 0 Å². The maximum Gasteiger partial charge on any atom is 0.413 e. The van der Waals surface area contributed by atoms with E-state index in [1.807, 2.05) is 36.4 Å². The van der Waals surface area contributed by atoms with Gasteiger partial charge >= 0.3 is 12.1 Å². The molecule has 5 rings (SSSR count). The molecule has 1 aromatic heterocycles. The number of ether oxygens (including phenoxy) is 1. The van der Waals surface area contributed by atoms with E-state index < -0.39 is 28.8 Å². The minimum Gasteiger partial charge on any atom is -0.481 e. The van der Waals surface area contributed by atoms with E-state index in [0.29, 0.717) is 29.1 Å². The number of carboxylic acid groups (broad SMARTS) is 1. The Kier molecular flexibility index (Phi) is 6.15. The first-order chi connectivity index (χ1) is 16.8. The van der Waals surface area contributed by atoms with Crippen LogP contribution in [0.2, 0.25) is 0 Å². The number of fused-ring (bicyclic) bond motifs is 1. The summed E-state index contributed by atoms with van der Waals surface area (Å²) >= 11 is 2.60. The Morgan fingerprint density at radius 2 is 2.03 bits per heavy atom. The molecular formula is C25H22FN3O4S2. The van der Waals surface area contributed by atoms with Crippen LogP contribution in [0.3, 0.4) is 0 Å². The number of aliphatic carboxylic acids is 1. The Bertz CT molecular complexity index is 1320. The average molecular weight is 512 g/mol. The summed E-state index contributed by atoms with van der Waals surface area (Å²) in [5.41, 5.74) is 0.483. The number of anilines is 1. The molecule has 2 aliphatic heterocycles. The van der Waals surface area contributed by atoms with Gasteiger partial charge in [-0.3, -0.25) is 14.8 Å². The first-order valence-electron chi connectivity index (χ1n) is 11.0. The summed E-state index contributed by atoms with van der Waals surface area (Å²) in [6, 6.07) is 9.38. The van der Waals surface area contributed by atoms with Gasteiger partial charge in [0.05, 0.1) is 27.3 Å². The highest BCUT2D eigenvalue weighted by atomic mass is 32.2. The number of hydrogen-bond acceptors (Lipinski definition) is 6. The lowest BCUT2D eigenvalue weighted by atomic mass is 10.1. The zero-order valence-corrected chi connectivity index (χ0v) is 20.6. The molecule has 3 unspecified atom stereocenters. The topological polar surface area (TPSA) is 93.4 Å². The van der Waals surface area contributed by atoms with Crippen LogP contribution in [0, 0.1) is 17.3 Å². The molecular weight excluding hydrogens is 489 g/mol. The van der Waals surface area contributed by atoms with Crippen molar-refractivity contribution >= 4 is 41.4 Å². The van der Waals surface area contributed by atoms with Gasteiger partial charge in [-0.05, 0) is 25.3 Å². The summed E-state index contributed by atoms with van der Waals surface area (Å²) in [6.45, 7) is 1.78. The van der Waals surface area contributed by atoms with Crippen LogP contribution in [0.4, 0.5) is 15.0 Å². The first kappa shape index (κ1) is 23.6. The molecule has 0 radical (unpaired) electrons. The molecule has 0 spiro atoms. The summed E-state index contributed by atoms with van der Waals surface area (Å²) in [5, 5.41) is 15.7. The molecule has 1 aliphatic carbocycles. The number of halogens is 1. The minimum atomic E-state index is -0.834. The normalized spacial score (nSPS) is 22.5. The molecule has 180 valence electrons. The monoisotopic (exact) mass is 511 g/mol. The fraction of sp³-hybridized carbons (Fsp3) is 0.320. The van der Waals surface area contributed by atoms with Crippen molar-refractivity contribution in [3.8, 4) is 11.8 Å². The zero-order chi connectivity index (χ0) is 24.7. The van der Waals surface area contributed by atoms with E-state index in [0.717, 1.165) is 10.5 Å². The number of carboxylic acids is 1. The summed E-state index contributed by atoms with van der Waals surface area (Å²) in [4.78, 5) is 25.1. The lowest BCUT2D eigenvalue weighted by Crippen LogP contribution is -2.18. The Labute approximate surface area is 210 Å². The average Bonchev–Trinajstić information content (AvgIpc) is 3.33. The van der Waals surface area contributed by atoms with Crippen molar-refractivity contribution in [2.45, 2.75) is 36.4 Å². The van der Waals surface area contributed by atoms with Crippen molar-refractivity contribution in [2.24, 2.45) is 12.5 Å². The van der Waals surface area contributed by atoms with E-state index in [2.05, 4.69) is 22.3 Å². The van der Waals surface area contributed by atoms with Crippen molar-refractivity contribution in [1.82, 2.24) is 9.78 Å². The minimum absolute atomic E-state index is 0.169. The number of nitrogens with one attached hydrogen (secondary N) is 1. The molecule has 3 heterocycles. The van der Waals surface area contributed by atoms with E-state index in [-0.39, 0.29) is 11.1 Å².